The number of sulfonamides is 1. The largest absolute Gasteiger partial charge is 0.328 e. The maximum Gasteiger partial charge on any atom is 0.252 e. The highest BCUT2D eigenvalue weighted by atomic mass is 32.2. The highest BCUT2D eigenvalue weighted by molar-refractivity contribution is 7.91. The fourth-order valence-electron chi connectivity index (χ4n) is 3.11. The van der Waals surface area contributed by atoms with Gasteiger partial charge >= 0.3 is 0 Å². The molecule has 0 atom stereocenters. The van der Waals surface area contributed by atoms with Gasteiger partial charge in [-0.15, -0.1) is 11.3 Å². The number of aryl methyl sites for hydroxylation is 1. The van der Waals surface area contributed by atoms with Crippen molar-refractivity contribution in [3.63, 3.8) is 0 Å². The third-order valence-corrected chi connectivity index (χ3v) is 7.78. The first-order valence-corrected chi connectivity index (χ1v) is 10.5. The van der Waals surface area contributed by atoms with Crippen molar-refractivity contribution in [1.29, 1.82) is 0 Å². The second-order valence-corrected chi connectivity index (χ2v) is 9.39. The molecule has 4 rings (SSSR count). The monoisotopic (exact) mass is 373 g/mol. The third kappa shape index (κ3) is 3.03. The van der Waals surface area contributed by atoms with Gasteiger partial charge in [-0.2, -0.15) is 4.31 Å². The summed E-state index contributed by atoms with van der Waals surface area (Å²) in [6, 6.07) is 13.7. The van der Waals surface area contributed by atoms with E-state index in [0.29, 0.717) is 17.3 Å². The molecule has 1 aromatic carbocycles. The van der Waals surface area contributed by atoms with E-state index >= 15 is 0 Å². The van der Waals surface area contributed by atoms with Gasteiger partial charge in [0.25, 0.3) is 10.0 Å². The molecule has 3 heterocycles. The molecule has 0 radical (unpaired) electrons. The van der Waals surface area contributed by atoms with Crippen LogP contribution in [0.5, 0.6) is 0 Å². The van der Waals surface area contributed by atoms with Gasteiger partial charge in [-0.1, -0.05) is 36.4 Å². The van der Waals surface area contributed by atoms with Crippen LogP contribution in [-0.2, 0) is 16.6 Å². The van der Waals surface area contributed by atoms with Gasteiger partial charge in [0.05, 0.1) is 0 Å². The Morgan fingerprint density at radius 3 is 2.60 bits per heavy atom. The minimum atomic E-state index is -3.35. The third-order valence-electron chi connectivity index (χ3n) is 4.57. The van der Waals surface area contributed by atoms with E-state index in [4.69, 9.17) is 0 Å². The van der Waals surface area contributed by atoms with Crippen molar-refractivity contribution < 1.29 is 8.42 Å². The summed E-state index contributed by atoms with van der Waals surface area (Å²) in [4.78, 5) is 4.56. The summed E-state index contributed by atoms with van der Waals surface area (Å²) in [5.74, 6) is 1.12. The van der Waals surface area contributed by atoms with Crippen molar-refractivity contribution in [2.24, 2.45) is 0 Å². The Kier molecular flexibility index (Phi) is 4.23. The lowest BCUT2D eigenvalue weighted by atomic mass is 10.0. The van der Waals surface area contributed by atoms with Gasteiger partial charge < -0.3 is 4.57 Å². The van der Waals surface area contributed by atoms with E-state index in [1.165, 1.54) is 16.9 Å². The SMILES string of the molecule is Cc1cnc(C2CN(S(=O)(=O)c3cccs3)C2)n1Cc1ccccc1. The summed E-state index contributed by atoms with van der Waals surface area (Å²) >= 11 is 1.26. The van der Waals surface area contributed by atoms with Gasteiger partial charge in [0, 0.05) is 37.4 Å². The predicted molar refractivity (Wildman–Crippen MR) is 98.3 cm³/mol. The van der Waals surface area contributed by atoms with Crippen molar-refractivity contribution in [3.8, 4) is 0 Å². The molecule has 0 N–H and O–H groups in total. The van der Waals surface area contributed by atoms with Crippen LogP contribution in [0.15, 0.2) is 58.3 Å². The van der Waals surface area contributed by atoms with Gasteiger partial charge in [0.15, 0.2) is 0 Å². The number of aromatic nitrogens is 2. The van der Waals surface area contributed by atoms with Crippen molar-refractivity contribution in [2.45, 2.75) is 23.6 Å². The maximum absolute atomic E-state index is 12.5. The molecule has 1 aliphatic heterocycles. The van der Waals surface area contributed by atoms with Crippen LogP contribution >= 0.6 is 11.3 Å². The number of hydrogen-bond acceptors (Lipinski definition) is 4. The van der Waals surface area contributed by atoms with Crippen molar-refractivity contribution in [2.75, 3.05) is 13.1 Å². The smallest absolute Gasteiger partial charge is 0.252 e. The summed E-state index contributed by atoms with van der Waals surface area (Å²) in [5, 5.41) is 1.79. The Bertz CT molecular complexity index is 957. The molecule has 0 aliphatic carbocycles. The lowest BCUT2D eigenvalue weighted by Crippen LogP contribution is -2.49. The highest BCUT2D eigenvalue weighted by Gasteiger charge is 2.40. The standard InChI is InChI=1S/C18H19N3O2S2/c1-14-10-19-18(21(14)11-15-6-3-2-4-7-15)16-12-20(13-16)25(22,23)17-8-5-9-24-17/h2-10,16H,11-13H2,1H3. The summed E-state index contributed by atoms with van der Waals surface area (Å²) in [7, 11) is -3.35. The molecule has 25 heavy (non-hydrogen) atoms. The molecule has 7 heteroatoms. The summed E-state index contributed by atoms with van der Waals surface area (Å²) in [5.41, 5.74) is 2.31. The molecule has 0 bridgehead atoms. The Morgan fingerprint density at radius 1 is 1.16 bits per heavy atom. The van der Waals surface area contributed by atoms with E-state index in [9.17, 15) is 8.42 Å². The van der Waals surface area contributed by atoms with Gasteiger partial charge in [0.1, 0.15) is 10.0 Å². The minimum Gasteiger partial charge on any atom is -0.328 e. The molecule has 1 aliphatic rings. The Hall–Kier alpha value is -1.96. The van der Waals surface area contributed by atoms with E-state index < -0.39 is 10.0 Å². The normalized spacial score (nSPS) is 16.0. The second kappa shape index (κ2) is 6.40. The Morgan fingerprint density at radius 2 is 1.92 bits per heavy atom. The molecule has 1 saturated heterocycles. The molecule has 0 saturated carbocycles. The predicted octanol–water partition coefficient (Wildman–Crippen LogP) is 3.09. The van der Waals surface area contributed by atoms with Crippen LogP contribution < -0.4 is 0 Å². The molecule has 1 fully saturated rings. The fraction of sp³-hybridized carbons (Fsp3) is 0.278. The second-order valence-electron chi connectivity index (χ2n) is 6.28. The van der Waals surface area contributed by atoms with Crippen LogP contribution in [-0.4, -0.2) is 35.4 Å². The first kappa shape index (κ1) is 16.5. The first-order valence-electron chi connectivity index (χ1n) is 8.15. The van der Waals surface area contributed by atoms with Crippen molar-refractivity contribution in [3.05, 3.63) is 71.1 Å². The highest BCUT2D eigenvalue weighted by Crippen LogP contribution is 2.33. The van der Waals surface area contributed by atoms with Gasteiger partial charge in [-0.05, 0) is 23.9 Å². The zero-order chi connectivity index (χ0) is 17.4. The molecule has 0 amide bonds. The molecule has 0 spiro atoms. The van der Waals surface area contributed by atoms with E-state index in [1.807, 2.05) is 31.3 Å². The minimum absolute atomic E-state index is 0.146. The van der Waals surface area contributed by atoms with Gasteiger partial charge in [0.2, 0.25) is 0 Å². The van der Waals surface area contributed by atoms with Crippen LogP contribution in [0.4, 0.5) is 0 Å². The molecule has 3 aromatic rings. The van der Waals surface area contributed by atoms with E-state index in [2.05, 4.69) is 21.7 Å². The molecule has 5 nitrogen and oxygen atoms in total. The summed E-state index contributed by atoms with van der Waals surface area (Å²) in [6.45, 7) is 3.78. The quantitative estimate of drug-likeness (QED) is 0.691. The van der Waals surface area contributed by atoms with Crippen LogP contribution in [0, 0.1) is 6.92 Å². The molecule has 2 aromatic heterocycles. The average Bonchev–Trinajstić information content (AvgIpc) is 3.20. The number of benzene rings is 1. The Balaban J connectivity index is 1.52. The van der Waals surface area contributed by atoms with Crippen LogP contribution in [0.25, 0.3) is 0 Å². The summed E-state index contributed by atoms with van der Waals surface area (Å²) in [6.07, 6.45) is 1.87. The van der Waals surface area contributed by atoms with Gasteiger partial charge in [-0.3, -0.25) is 0 Å². The van der Waals surface area contributed by atoms with E-state index in [1.54, 1.807) is 21.8 Å². The number of nitrogens with zero attached hydrogens (tertiary/aromatic N) is 3. The number of thiophene rings is 1. The molecular formula is C18H19N3O2S2. The number of rotatable bonds is 5. The first-order chi connectivity index (χ1) is 12.1. The van der Waals surface area contributed by atoms with Crippen molar-refractivity contribution >= 4 is 21.4 Å². The molecule has 0 unspecified atom stereocenters. The van der Waals surface area contributed by atoms with Crippen LogP contribution in [0.2, 0.25) is 0 Å². The maximum atomic E-state index is 12.5. The average molecular weight is 374 g/mol. The number of imidazole rings is 1. The van der Waals surface area contributed by atoms with E-state index in [-0.39, 0.29) is 5.92 Å². The van der Waals surface area contributed by atoms with Crippen LogP contribution in [0.1, 0.15) is 23.0 Å². The summed E-state index contributed by atoms with van der Waals surface area (Å²) < 4.78 is 29.2. The molecule has 130 valence electrons. The van der Waals surface area contributed by atoms with Crippen molar-refractivity contribution in [1.82, 2.24) is 13.9 Å². The zero-order valence-electron chi connectivity index (χ0n) is 13.9. The molecular weight excluding hydrogens is 354 g/mol. The fourth-order valence-corrected chi connectivity index (χ4v) is 5.79. The van der Waals surface area contributed by atoms with Gasteiger partial charge in [-0.25, -0.2) is 13.4 Å². The Labute approximate surface area is 151 Å². The lowest BCUT2D eigenvalue weighted by molar-refractivity contribution is 0.252. The number of hydrogen-bond donors (Lipinski definition) is 0. The topological polar surface area (TPSA) is 55.2 Å². The van der Waals surface area contributed by atoms with Crippen LogP contribution in [0.3, 0.4) is 0 Å². The lowest BCUT2D eigenvalue weighted by Gasteiger charge is -2.37. The van der Waals surface area contributed by atoms with E-state index in [0.717, 1.165) is 18.1 Å². The zero-order valence-corrected chi connectivity index (χ0v) is 15.5.